The van der Waals surface area contributed by atoms with Gasteiger partial charge < -0.3 is 0 Å². The molecule has 11 rings (SSSR count). The van der Waals surface area contributed by atoms with Crippen LogP contribution in [0, 0.1) is 23.3 Å². The third-order valence-corrected chi connectivity index (χ3v) is 12.1. The third-order valence-electron chi connectivity index (χ3n) is 11.2. The van der Waals surface area contributed by atoms with Gasteiger partial charge in [0.25, 0.3) is 0 Å². The standard InChI is InChI=1S/C47H42Si/c1-5-6-7-8-9-10-27-38-44-40-30-19-11-15-23-34(30)42(35-24-16-12-20-31(35)40)46(44)39(28-29-48(2,3)4)47-43-36-25-17-13-21-32(36)41(45(38)47)33-22-14-18-26-37(33)43/h11-26,40-43H,5-9H2,1-4H3. The molecule has 0 atom stereocenters. The van der Waals surface area contributed by atoms with E-state index in [0.29, 0.717) is 0 Å². The molecule has 4 bridgehead atoms. The Morgan fingerprint density at radius 1 is 0.458 bits per heavy atom. The number of unbranched alkanes of at least 4 members (excludes halogenated alkanes) is 4. The number of benzene rings is 5. The molecular formula is C47H42Si. The zero-order valence-corrected chi connectivity index (χ0v) is 29.6. The molecular weight excluding hydrogens is 593 g/mol. The maximum Gasteiger partial charge on any atom is 0.129 e. The highest BCUT2D eigenvalue weighted by atomic mass is 28.3. The first-order valence-electron chi connectivity index (χ1n) is 18.1. The van der Waals surface area contributed by atoms with Crippen LogP contribution in [0.15, 0.2) is 97.1 Å². The van der Waals surface area contributed by atoms with Gasteiger partial charge in [0, 0.05) is 41.2 Å². The fourth-order valence-corrected chi connectivity index (χ4v) is 9.90. The summed E-state index contributed by atoms with van der Waals surface area (Å²) in [5.74, 6) is 12.4. The van der Waals surface area contributed by atoms with E-state index in [1.807, 2.05) is 0 Å². The second kappa shape index (κ2) is 11.3. The van der Waals surface area contributed by atoms with Gasteiger partial charge in [0.15, 0.2) is 0 Å². The number of hydrogen-bond acceptors (Lipinski definition) is 0. The van der Waals surface area contributed by atoms with Crippen molar-refractivity contribution in [1.29, 1.82) is 0 Å². The molecule has 6 aliphatic carbocycles. The van der Waals surface area contributed by atoms with Gasteiger partial charge in [-0.1, -0.05) is 161 Å². The van der Waals surface area contributed by atoms with Gasteiger partial charge in [-0.25, -0.2) is 0 Å². The molecule has 5 aromatic carbocycles. The number of hydrogen-bond donors (Lipinski definition) is 0. The summed E-state index contributed by atoms with van der Waals surface area (Å²) in [7, 11) is -1.70. The van der Waals surface area contributed by atoms with Gasteiger partial charge in [-0.05, 0) is 73.2 Å². The molecule has 6 aliphatic rings. The van der Waals surface area contributed by atoms with E-state index in [-0.39, 0.29) is 23.7 Å². The SMILES string of the molecule is CCCCCCC#Cc1c2c(c(C#C[Si](C)(C)C)c3c1C1c4ccccc4C3c3ccccc31)C1c3ccccc3C2c2ccccc21. The van der Waals surface area contributed by atoms with Crippen LogP contribution in [0.25, 0.3) is 0 Å². The van der Waals surface area contributed by atoms with E-state index in [9.17, 15) is 0 Å². The Morgan fingerprint density at radius 2 is 0.792 bits per heavy atom. The normalized spacial score (nSPS) is 19.8. The van der Waals surface area contributed by atoms with Gasteiger partial charge in [-0.3, -0.25) is 0 Å². The van der Waals surface area contributed by atoms with Crippen LogP contribution in [0.1, 0.15) is 141 Å². The lowest BCUT2D eigenvalue weighted by atomic mass is 9.53. The van der Waals surface area contributed by atoms with Crippen molar-refractivity contribution in [3.8, 4) is 23.3 Å². The Balaban J connectivity index is 1.43. The molecule has 0 spiro atoms. The van der Waals surface area contributed by atoms with E-state index in [4.69, 9.17) is 0 Å². The Bertz CT molecular complexity index is 2030. The molecule has 234 valence electrons. The first kappa shape index (κ1) is 29.6. The quantitative estimate of drug-likeness (QED) is 0.103. The van der Waals surface area contributed by atoms with Crippen LogP contribution in [-0.2, 0) is 0 Å². The van der Waals surface area contributed by atoms with Gasteiger partial charge in [0.1, 0.15) is 8.07 Å². The minimum Gasteiger partial charge on any atom is -0.127 e. The second-order valence-electron chi connectivity index (χ2n) is 15.3. The summed E-state index contributed by atoms with van der Waals surface area (Å²) in [6.45, 7) is 9.42. The van der Waals surface area contributed by atoms with Crippen molar-refractivity contribution in [2.75, 3.05) is 0 Å². The van der Waals surface area contributed by atoms with Gasteiger partial charge >= 0.3 is 0 Å². The van der Waals surface area contributed by atoms with Crippen LogP contribution < -0.4 is 0 Å². The fraction of sp³-hybridized carbons (Fsp3) is 0.277. The highest BCUT2D eigenvalue weighted by Gasteiger charge is 2.50. The topological polar surface area (TPSA) is 0 Å². The Hall–Kier alpha value is -4.56. The monoisotopic (exact) mass is 634 g/mol. The molecule has 0 amide bonds. The highest BCUT2D eigenvalue weighted by Crippen LogP contribution is 2.63. The molecule has 0 radical (unpaired) electrons. The van der Waals surface area contributed by atoms with Gasteiger partial charge in [-0.15, -0.1) is 5.54 Å². The third kappa shape index (κ3) is 4.31. The predicted octanol–water partition coefficient (Wildman–Crippen LogP) is 11.2. The van der Waals surface area contributed by atoms with Crippen molar-refractivity contribution in [3.63, 3.8) is 0 Å². The first-order valence-corrected chi connectivity index (χ1v) is 21.6. The molecule has 0 heterocycles. The number of rotatable bonds is 4. The maximum atomic E-state index is 4.02. The van der Waals surface area contributed by atoms with E-state index in [2.05, 4.69) is 147 Å². The van der Waals surface area contributed by atoms with E-state index in [1.165, 1.54) is 104 Å². The lowest BCUT2D eigenvalue weighted by Crippen LogP contribution is -2.35. The summed E-state index contributed by atoms with van der Waals surface area (Å²) in [4.78, 5) is 0. The fourth-order valence-electron chi connectivity index (χ4n) is 9.40. The van der Waals surface area contributed by atoms with Crippen molar-refractivity contribution >= 4 is 8.07 Å². The summed E-state index contributed by atoms with van der Waals surface area (Å²) in [5, 5.41) is 0. The van der Waals surface area contributed by atoms with E-state index in [1.54, 1.807) is 0 Å². The largest absolute Gasteiger partial charge is 0.129 e. The Kier molecular flexibility index (Phi) is 6.94. The van der Waals surface area contributed by atoms with Crippen molar-refractivity contribution in [2.45, 2.75) is 82.3 Å². The predicted molar refractivity (Wildman–Crippen MR) is 202 cm³/mol. The highest BCUT2D eigenvalue weighted by molar-refractivity contribution is 6.83. The summed E-state index contributed by atoms with van der Waals surface area (Å²) < 4.78 is 0. The van der Waals surface area contributed by atoms with Crippen LogP contribution in [0.5, 0.6) is 0 Å². The molecule has 0 aliphatic heterocycles. The van der Waals surface area contributed by atoms with Crippen LogP contribution in [0.4, 0.5) is 0 Å². The lowest BCUT2D eigenvalue weighted by molar-refractivity contribution is 0.679. The zero-order chi connectivity index (χ0) is 32.6. The van der Waals surface area contributed by atoms with Crippen LogP contribution in [0.2, 0.25) is 19.6 Å². The van der Waals surface area contributed by atoms with Gasteiger partial charge in [0.2, 0.25) is 0 Å². The molecule has 0 nitrogen and oxygen atoms in total. The summed E-state index contributed by atoms with van der Waals surface area (Å²) in [6, 6.07) is 37.0. The minimum atomic E-state index is -1.70. The molecule has 0 saturated carbocycles. The van der Waals surface area contributed by atoms with Crippen LogP contribution >= 0.6 is 0 Å². The van der Waals surface area contributed by atoms with E-state index in [0.717, 1.165) is 6.42 Å². The summed E-state index contributed by atoms with van der Waals surface area (Å²) >= 11 is 0. The van der Waals surface area contributed by atoms with E-state index < -0.39 is 8.07 Å². The smallest absolute Gasteiger partial charge is 0.127 e. The molecule has 1 heteroatoms. The van der Waals surface area contributed by atoms with Gasteiger partial charge in [-0.2, -0.15) is 0 Å². The van der Waals surface area contributed by atoms with E-state index >= 15 is 0 Å². The first-order chi connectivity index (χ1) is 23.5. The molecule has 0 unspecified atom stereocenters. The summed E-state index contributed by atoms with van der Waals surface area (Å²) in [5.41, 5.74) is 23.9. The Morgan fingerprint density at radius 3 is 1.10 bits per heavy atom. The minimum absolute atomic E-state index is 0.157. The molecule has 5 aromatic rings. The average Bonchev–Trinajstić information content (AvgIpc) is 3.11. The van der Waals surface area contributed by atoms with Crippen LogP contribution in [-0.4, -0.2) is 8.07 Å². The van der Waals surface area contributed by atoms with Crippen LogP contribution in [0.3, 0.4) is 0 Å². The van der Waals surface area contributed by atoms with Crippen molar-refractivity contribution < 1.29 is 0 Å². The second-order valence-corrected chi connectivity index (χ2v) is 20.0. The Labute approximate surface area is 287 Å². The zero-order valence-electron chi connectivity index (χ0n) is 28.6. The lowest BCUT2D eigenvalue weighted by Gasteiger charge is -2.48. The molecule has 48 heavy (non-hydrogen) atoms. The molecule has 0 N–H and O–H groups in total. The summed E-state index contributed by atoms with van der Waals surface area (Å²) in [6.07, 6.45) is 5.90. The van der Waals surface area contributed by atoms with Crippen molar-refractivity contribution in [3.05, 3.63) is 175 Å². The molecule has 0 aromatic heterocycles. The molecule has 0 saturated heterocycles. The maximum absolute atomic E-state index is 4.02. The van der Waals surface area contributed by atoms with Crippen molar-refractivity contribution in [2.24, 2.45) is 0 Å². The van der Waals surface area contributed by atoms with Crippen molar-refractivity contribution in [1.82, 2.24) is 0 Å². The average molecular weight is 635 g/mol. The molecule has 0 fully saturated rings. The van der Waals surface area contributed by atoms with Gasteiger partial charge in [0.05, 0.1) is 0 Å².